The number of hydrogen-bond donors (Lipinski definition) is 0. The van der Waals surface area contributed by atoms with Crippen molar-refractivity contribution in [2.45, 2.75) is 20.3 Å². The number of amides is 1. The minimum atomic E-state index is -0.0170. The van der Waals surface area contributed by atoms with Gasteiger partial charge in [-0.15, -0.1) is 6.42 Å². The Kier molecular flexibility index (Phi) is 5.24. The van der Waals surface area contributed by atoms with E-state index in [9.17, 15) is 4.79 Å². The molecule has 0 aliphatic rings. The molecule has 0 aromatic heterocycles. The van der Waals surface area contributed by atoms with Gasteiger partial charge in [0.15, 0.2) is 0 Å². The van der Waals surface area contributed by atoms with Gasteiger partial charge >= 0.3 is 0 Å². The summed E-state index contributed by atoms with van der Waals surface area (Å²) in [6.45, 7) is 5.06. The fourth-order valence-corrected chi connectivity index (χ4v) is 2.26. The summed E-state index contributed by atoms with van der Waals surface area (Å²) in [4.78, 5) is 13.9. The number of hydrogen-bond acceptors (Lipinski definition) is 1. The minimum absolute atomic E-state index is 0.0170. The monoisotopic (exact) mass is 293 g/mol. The van der Waals surface area contributed by atoms with Crippen molar-refractivity contribution in [1.82, 2.24) is 4.90 Å². The molecule has 17 heavy (non-hydrogen) atoms. The molecule has 0 bridgehead atoms. The maximum atomic E-state index is 12.3. The highest BCUT2D eigenvalue weighted by atomic mass is 79.9. The molecule has 0 saturated heterocycles. The first kappa shape index (κ1) is 13.8. The zero-order valence-electron chi connectivity index (χ0n) is 10.2. The van der Waals surface area contributed by atoms with Crippen molar-refractivity contribution in [1.29, 1.82) is 0 Å². The highest BCUT2D eigenvalue weighted by Crippen LogP contribution is 2.20. The molecule has 0 atom stereocenters. The van der Waals surface area contributed by atoms with Crippen LogP contribution < -0.4 is 0 Å². The Morgan fingerprint density at radius 1 is 1.53 bits per heavy atom. The van der Waals surface area contributed by atoms with E-state index in [4.69, 9.17) is 6.42 Å². The second-order valence-corrected chi connectivity index (χ2v) is 4.77. The van der Waals surface area contributed by atoms with Crippen molar-refractivity contribution < 1.29 is 4.79 Å². The van der Waals surface area contributed by atoms with Crippen LogP contribution in [0.25, 0.3) is 0 Å². The predicted molar refractivity (Wildman–Crippen MR) is 73.9 cm³/mol. The maximum Gasteiger partial charge on any atom is 0.255 e. The summed E-state index contributed by atoms with van der Waals surface area (Å²) < 4.78 is 0.820. The fourth-order valence-electron chi connectivity index (χ4n) is 1.60. The van der Waals surface area contributed by atoms with Crippen LogP contribution in [0.5, 0.6) is 0 Å². The summed E-state index contributed by atoms with van der Waals surface area (Å²) >= 11 is 3.42. The average molecular weight is 294 g/mol. The van der Waals surface area contributed by atoms with Gasteiger partial charge in [-0.3, -0.25) is 4.79 Å². The van der Waals surface area contributed by atoms with E-state index in [1.807, 2.05) is 32.0 Å². The first-order chi connectivity index (χ1) is 8.10. The number of benzene rings is 1. The summed E-state index contributed by atoms with van der Waals surface area (Å²) in [5.74, 6) is 2.51. The van der Waals surface area contributed by atoms with Gasteiger partial charge in [-0.1, -0.05) is 18.9 Å². The first-order valence-electron chi connectivity index (χ1n) is 5.59. The maximum absolute atomic E-state index is 12.3. The second-order valence-electron chi connectivity index (χ2n) is 3.91. The van der Waals surface area contributed by atoms with Crippen molar-refractivity contribution in [3.63, 3.8) is 0 Å². The Labute approximate surface area is 111 Å². The van der Waals surface area contributed by atoms with Gasteiger partial charge in [0.1, 0.15) is 0 Å². The van der Waals surface area contributed by atoms with Crippen LogP contribution in [-0.2, 0) is 0 Å². The first-order valence-corrected chi connectivity index (χ1v) is 6.38. The number of aryl methyl sites for hydroxylation is 1. The second kappa shape index (κ2) is 6.46. The quantitative estimate of drug-likeness (QED) is 0.781. The van der Waals surface area contributed by atoms with Crippen LogP contribution in [0.4, 0.5) is 0 Å². The van der Waals surface area contributed by atoms with E-state index in [0.29, 0.717) is 18.7 Å². The zero-order valence-corrected chi connectivity index (χ0v) is 11.8. The molecule has 0 aliphatic heterocycles. The smallest absolute Gasteiger partial charge is 0.255 e. The molecule has 0 N–H and O–H groups in total. The van der Waals surface area contributed by atoms with Gasteiger partial charge in [-0.05, 0) is 47.0 Å². The van der Waals surface area contributed by atoms with Crippen molar-refractivity contribution in [3.05, 3.63) is 33.8 Å². The fraction of sp³-hybridized carbons (Fsp3) is 0.357. The number of rotatable bonds is 4. The highest BCUT2D eigenvalue weighted by molar-refractivity contribution is 9.10. The molecule has 0 aliphatic carbocycles. The van der Waals surface area contributed by atoms with Gasteiger partial charge in [0.05, 0.1) is 12.1 Å². The van der Waals surface area contributed by atoms with E-state index in [-0.39, 0.29) is 5.91 Å². The molecule has 3 heteroatoms. The summed E-state index contributed by atoms with van der Waals surface area (Å²) in [6.07, 6.45) is 6.18. The molecule has 90 valence electrons. The van der Waals surface area contributed by atoms with Crippen molar-refractivity contribution in [2.75, 3.05) is 13.1 Å². The van der Waals surface area contributed by atoms with E-state index in [2.05, 4.69) is 21.9 Å². The molecule has 1 amide bonds. The Morgan fingerprint density at radius 3 is 2.76 bits per heavy atom. The standard InChI is InChI=1S/C14H16BrNO/c1-4-8-16(9-5-2)14(17)12-7-6-11(3)10-13(12)15/h1,6-7,10H,5,8-9H2,2-3H3. The van der Waals surface area contributed by atoms with Crippen LogP contribution in [-0.4, -0.2) is 23.9 Å². The third-order valence-corrected chi connectivity index (χ3v) is 3.07. The van der Waals surface area contributed by atoms with Gasteiger partial charge in [0.2, 0.25) is 0 Å². The molecule has 1 aromatic carbocycles. The molecule has 0 spiro atoms. The molecular weight excluding hydrogens is 278 g/mol. The molecule has 1 rings (SSSR count). The van der Waals surface area contributed by atoms with Crippen LogP contribution >= 0.6 is 15.9 Å². The third kappa shape index (κ3) is 3.61. The van der Waals surface area contributed by atoms with E-state index in [1.165, 1.54) is 0 Å². The van der Waals surface area contributed by atoms with Gasteiger partial charge in [-0.25, -0.2) is 0 Å². The van der Waals surface area contributed by atoms with Crippen molar-refractivity contribution in [2.24, 2.45) is 0 Å². The van der Waals surface area contributed by atoms with Crippen LogP contribution in [0.2, 0.25) is 0 Å². The lowest BCUT2D eigenvalue weighted by Gasteiger charge is -2.20. The number of nitrogens with zero attached hydrogens (tertiary/aromatic N) is 1. The summed E-state index contributed by atoms with van der Waals surface area (Å²) in [5.41, 5.74) is 1.78. The lowest BCUT2D eigenvalue weighted by atomic mass is 10.1. The summed E-state index contributed by atoms with van der Waals surface area (Å²) in [6, 6.07) is 5.70. The van der Waals surface area contributed by atoms with Crippen molar-refractivity contribution >= 4 is 21.8 Å². The third-order valence-electron chi connectivity index (χ3n) is 2.42. The van der Waals surface area contributed by atoms with Crippen LogP contribution in [0.3, 0.4) is 0 Å². The normalized spacial score (nSPS) is 9.76. The van der Waals surface area contributed by atoms with E-state index in [0.717, 1.165) is 16.5 Å². The Bertz CT molecular complexity index is 448. The lowest BCUT2D eigenvalue weighted by molar-refractivity contribution is 0.0776. The predicted octanol–water partition coefficient (Wildman–Crippen LogP) is 3.24. The van der Waals surface area contributed by atoms with E-state index < -0.39 is 0 Å². The number of carbonyl (C=O) groups is 1. The minimum Gasteiger partial charge on any atom is -0.327 e. The van der Waals surface area contributed by atoms with Gasteiger partial charge in [-0.2, -0.15) is 0 Å². The molecule has 0 unspecified atom stereocenters. The number of halogens is 1. The molecule has 2 nitrogen and oxygen atoms in total. The zero-order chi connectivity index (χ0) is 12.8. The lowest BCUT2D eigenvalue weighted by Crippen LogP contribution is -2.32. The van der Waals surface area contributed by atoms with Crippen LogP contribution in [0, 0.1) is 19.3 Å². The van der Waals surface area contributed by atoms with E-state index in [1.54, 1.807) is 4.90 Å². The SMILES string of the molecule is C#CCN(CCC)C(=O)c1ccc(C)cc1Br. The van der Waals surface area contributed by atoms with Gasteiger partial charge in [0.25, 0.3) is 5.91 Å². The molecule has 0 heterocycles. The van der Waals surface area contributed by atoms with Crippen molar-refractivity contribution in [3.8, 4) is 12.3 Å². The average Bonchev–Trinajstić information content (AvgIpc) is 2.28. The van der Waals surface area contributed by atoms with Crippen LogP contribution in [0.15, 0.2) is 22.7 Å². The highest BCUT2D eigenvalue weighted by Gasteiger charge is 2.16. The Balaban J connectivity index is 2.97. The van der Waals surface area contributed by atoms with Crippen LogP contribution in [0.1, 0.15) is 29.3 Å². The molecular formula is C14H16BrNO. The Morgan fingerprint density at radius 2 is 2.24 bits per heavy atom. The molecule has 0 radical (unpaired) electrons. The van der Waals surface area contributed by atoms with Gasteiger partial charge < -0.3 is 4.90 Å². The molecule has 0 fully saturated rings. The Hall–Kier alpha value is -1.27. The summed E-state index contributed by atoms with van der Waals surface area (Å²) in [5, 5.41) is 0. The van der Waals surface area contributed by atoms with E-state index >= 15 is 0 Å². The summed E-state index contributed by atoms with van der Waals surface area (Å²) in [7, 11) is 0. The number of terminal acetylenes is 1. The largest absolute Gasteiger partial charge is 0.327 e. The molecule has 1 aromatic rings. The van der Waals surface area contributed by atoms with Gasteiger partial charge in [0, 0.05) is 11.0 Å². The topological polar surface area (TPSA) is 20.3 Å². The number of carbonyl (C=O) groups excluding carboxylic acids is 1. The molecule has 0 saturated carbocycles.